The van der Waals surface area contributed by atoms with Gasteiger partial charge in [-0.3, -0.25) is 20.2 Å². The second kappa shape index (κ2) is 10.00. The van der Waals surface area contributed by atoms with Crippen molar-refractivity contribution < 1.29 is 19.2 Å². The highest BCUT2D eigenvalue weighted by atomic mass is 32.1. The summed E-state index contributed by atoms with van der Waals surface area (Å²) in [5.74, 6) is 0.298. The van der Waals surface area contributed by atoms with E-state index in [1.807, 2.05) is 6.07 Å². The third kappa shape index (κ3) is 5.65. The number of hydrogen-bond donors (Lipinski definition) is 1. The number of nitrogens with zero attached hydrogens (tertiary/aromatic N) is 3. The maximum atomic E-state index is 12.3. The van der Waals surface area contributed by atoms with Gasteiger partial charge in [0, 0.05) is 23.7 Å². The molecule has 10 heteroatoms. The second-order valence-electron chi connectivity index (χ2n) is 6.08. The number of carbonyl (C=O) groups is 1. The summed E-state index contributed by atoms with van der Waals surface area (Å²) in [6.45, 7) is 0.184. The molecule has 1 amide bonds. The zero-order valence-electron chi connectivity index (χ0n) is 16.3. The van der Waals surface area contributed by atoms with Crippen LogP contribution in [0.5, 0.6) is 11.5 Å². The van der Waals surface area contributed by atoms with Crippen LogP contribution in [0, 0.1) is 21.4 Å². The fourth-order valence-corrected chi connectivity index (χ4v) is 3.06. The van der Waals surface area contributed by atoms with Crippen molar-refractivity contribution in [3.8, 4) is 17.6 Å². The fourth-order valence-electron chi connectivity index (χ4n) is 2.53. The molecule has 31 heavy (non-hydrogen) atoms. The number of ether oxygens (including phenoxy) is 2. The number of anilines is 1. The van der Waals surface area contributed by atoms with Gasteiger partial charge in [-0.05, 0) is 41.5 Å². The van der Waals surface area contributed by atoms with E-state index in [0.717, 1.165) is 5.56 Å². The standard InChI is InChI=1S/C21H16N4O5S/c1-29-19-11-15(10-16(12-22)20(26)24-21-23-8-9-31-21)4-7-18(19)30-13-14-2-5-17(6-3-14)25(27)28/h2-11H,13H2,1H3,(H,23,24,26)/b16-10+. The third-order valence-corrected chi connectivity index (χ3v) is 4.75. The highest BCUT2D eigenvalue weighted by molar-refractivity contribution is 7.13. The average Bonchev–Trinajstić information content (AvgIpc) is 3.29. The number of thiazole rings is 1. The molecule has 156 valence electrons. The summed E-state index contributed by atoms with van der Waals surface area (Å²) < 4.78 is 11.1. The van der Waals surface area contributed by atoms with Gasteiger partial charge in [-0.2, -0.15) is 5.26 Å². The first kappa shape index (κ1) is 21.5. The highest BCUT2D eigenvalue weighted by Crippen LogP contribution is 2.30. The van der Waals surface area contributed by atoms with Crippen LogP contribution >= 0.6 is 11.3 Å². The molecule has 0 spiro atoms. The van der Waals surface area contributed by atoms with Crippen LogP contribution < -0.4 is 14.8 Å². The van der Waals surface area contributed by atoms with E-state index in [0.29, 0.717) is 22.2 Å². The maximum absolute atomic E-state index is 12.3. The molecular weight excluding hydrogens is 420 g/mol. The highest BCUT2D eigenvalue weighted by Gasteiger charge is 2.12. The van der Waals surface area contributed by atoms with Crippen LogP contribution in [0.4, 0.5) is 10.8 Å². The van der Waals surface area contributed by atoms with Crippen LogP contribution in [-0.4, -0.2) is 22.9 Å². The van der Waals surface area contributed by atoms with Gasteiger partial charge < -0.3 is 9.47 Å². The van der Waals surface area contributed by atoms with Crippen molar-refractivity contribution in [2.45, 2.75) is 6.61 Å². The molecule has 1 aromatic heterocycles. The van der Waals surface area contributed by atoms with Crippen LogP contribution in [0.15, 0.2) is 59.6 Å². The van der Waals surface area contributed by atoms with Gasteiger partial charge in [-0.15, -0.1) is 11.3 Å². The van der Waals surface area contributed by atoms with Gasteiger partial charge >= 0.3 is 0 Å². The number of nitrogens with one attached hydrogen (secondary N) is 1. The Morgan fingerprint density at radius 1 is 1.29 bits per heavy atom. The normalized spacial score (nSPS) is 10.8. The number of nitro benzene ring substituents is 1. The summed E-state index contributed by atoms with van der Waals surface area (Å²) in [5.41, 5.74) is 1.24. The summed E-state index contributed by atoms with van der Waals surface area (Å²) in [6, 6.07) is 12.9. The van der Waals surface area contributed by atoms with Gasteiger partial charge in [0.25, 0.3) is 11.6 Å². The third-order valence-electron chi connectivity index (χ3n) is 4.06. The van der Waals surface area contributed by atoms with E-state index in [1.54, 1.807) is 41.9 Å². The second-order valence-corrected chi connectivity index (χ2v) is 6.98. The first-order valence-electron chi connectivity index (χ1n) is 8.87. The number of carbonyl (C=O) groups excluding carboxylic acids is 1. The molecule has 0 aliphatic rings. The first-order chi connectivity index (χ1) is 15.0. The minimum Gasteiger partial charge on any atom is -0.493 e. The molecule has 0 bridgehead atoms. The molecule has 0 unspecified atom stereocenters. The molecule has 1 N–H and O–H groups in total. The Bertz CT molecular complexity index is 1150. The molecule has 0 fully saturated rings. The van der Waals surface area contributed by atoms with E-state index in [-0.39, 0.29) is 17.9 Å². The predicted molar refractivity (Wildman–Crippen MR) is 115 cm³/mol. The first-order valence-corrected chi connectivity index (χ1v) is 9.75. The Kier molecular flexibility index (Phi) is 6.93. The van der Waals surface area contributed by atoms with Crippen LogP contribution in [0.3, 0.4) is 0 Å². The van der Waals surface area contributed by atoms with Crippen LogP contribution in [0.2, 0.25) is 0 Å². The molecule has 0 aliphatic heterocycles. The summed E-state index contributed by atoms with van der Waals surface area (Å²) >= 11 is 1.25. The Balaban J connectivity index is 1.72. The van der Waals surface area contributed by atoms with Gasteiger partial charge in [-0.25, -0.2) is 4.98 Å². The smallest absolute Gasteiger partial charge is 0.269 e. The molecule has 0 radical (unpaired) electrons. The number of methoxy groups -OCH3 is 1. The summed E-state index contributed by atoms with van der Waals surface area (Å²) in [6.07, 6.45) is 2.99. The lowest BCUT2D eigenvalue weighted by atomic mass is 10.1. The quantitative estimate of drug-likeness (QED) is 0.243. The number of hydrogen-bond acceptors (Lipinski definition) is 8. The predicted octanol–water partition coefficient (Wildman–Crippen LogP) is 4.18. The lowest BCUT2D eigenvalue weighted by molar-refractivity contribution is -0.384. The van der Waals surface area contributed by atoms with Crippen molar-refractivity contribution in [1.82, 2.24) is 4.98 Å². The summed E-state index contributed by atoms with van der Waals surface area (Å²) in [5, 5.41) is 24.7. The zero-order valence-corrected chi connectivity index (χ0v) is 17.1. The number of benzene rings is 2. The minimum absolute atomic E-state index is 0.00432. The molecule has 2 aromatic carbocycles. The lowest BCUT2D eigenvalue weighted by Crippen LogP contribution is -2.13. The van der Waals surface area contributed by atoms with Crippen LogP contribution in [0.25, 0.3) is 6.08 Å². The molecule has 0 saturated heterocycles. The van der Waals surface area contributed by atoms with Gasteiger partial charge in [0.05, 0.1) is 12.0 Å². The van der Waals surface area contributed by atoms with Crippen molar-refractivity contribution in [2.75, 3.05) is 12.4 Å². The largest absolute Gasteiger partial charge is 0.493 e. The zero-order chi connectivity index (χ0) is 22.2. The van der Waals surface area contributed by atoms with E-state index in [9.17, 15) is 20.2 Å². The van der Waals surface area contributed by atoms with Crippen LogP contribution in [0.1, 0.15) is 11.1 Å². The lowest BCUT2D eigenvalue weighted by Gasteiger charge is -2.11. The summed E-state index contributed by atoms with van der Waals surface area (Å²) in [4.78, 5) is 26.5. The van der Waals surface area contributed by atoms with E-state index in [1.165, 1.54) is 36.7 Å². The SMILES string of the molecule is COc1cc(/C=C(\C#N)C(=O)Nc2nccs2)ccc1OCc1ccc([N+](=O)[O-])cc1. The molecule has 9 nitrogen and oxygen atoms in total. The fraction of sp³-hybridized carbons (Fsp3) is 0.0952. The molecule has 3 aromatic rings. The van der Waals surface area contributed by atoms with Crippen LogP contribution in [-0.2, 0) is 11.4 Å². The number of rotatable bonds is 8. The molecule has 1 heterocycles. The number of nitro groups is 1. The van der Waals surface area contributed by atoms with Gasteiger partial charge in [0.15, 0.2) is 16.6 Å². The Morgan fingerprint density at radius 3 is 2.68 bits per heavy atom. The number of aromatic nitrogens is 1. The molecule has 0 saturated carbocycles. The van der Waals surface area contributed by atoms with Crippen molar-refractivity contribution in [3.63, 3.8) is 0 Å². The van der Waals surface area contributed by atoms with Crippen molar-refractivity contribution in [1.29, 1.82) is 5.26 Å². The summed E-state index contributed by atoms with van der Waals surface area (Å²) in [7, 11) is 1.47. The van der Waals surface area contributed by atoms with Gasteiger partial charge in [-0.1, -0.05) is 6.07 Å². The molecule has 0 atom stereocenters. The monoisotopic (exact) mass is 436 g/mol. The van der Waals surface area contributed by atoms with Crippen molar-refractivity contribution in [3.05, 3.63) is 80.9 Å². The molecule has 3 rings (SSSR count). The van der Waals surface area contributed by atoms with E-state index >= 15 is 0 Å². The topological polar surface area (TPSA) is 127 Å². The number of non-ortho nitro benzene ring substituents is 1. The van der Waals surface area contributed by atoms with Gasteiger partial charge in [0.2, 0.25) is 0 Å². The van der Waals surface area contributed by atoms with Crippen molar-refractivity contribution in [2.24, 2.45) is 0 Å². The average molecular weight is 436 g/mol. The Labute approximate surface area is 181 Å². The van der Waals surface area contributed by atoms with E-state index < -0.39 is 10.8 Å². The van der Waals surface area contributed by atoms with E-state index in [2.05, 4.69) is 10.3 Å². The van der Waals surface area contributed by atoms with Crippen molar-refractivity contribution >= 4 is 34.1 Å². The van der Waals surface area contributed by atoms with Gasteiger partial charge in [0.1, 0.15) is 18.2 Å². The molecule has 0 aliphatic carbocycles. The van der Waals surface area contributed by atoms with E-state index in [4.69, 9.17) is 9.47 Å². The minimum atomic E-state index is -0.560. The Morgan fingerprint density at radius 2 is 2.06 bits per heavy atom. The molecular formula is C21H16N4O5S. The Hall–Kier alpha value is -4.23. The number of nitriles is 1. The maximum Gasteiger partial charge on any atom is 0.269 e. The number of amides is 1.